The zero-order valence-electron chi connectivity index (χ0n) is 9.98. The Hall–Kier alpha value is -2.02. The number of sulfone groups is 1. The Morgan fingerprint density at radius 2 is 2.21 bits per heavy atom. The molecule has 2 heterocycles. The Morgan fingerprint density at radius 1 is 1.42 bits per heavy atom. The predicted octanol–water partition coefficient (Wildman–Crippen LogP) is 0.814. The van der Waals surface area contributed by atoms with Crippen molar-refractivity contribution in [2.75, 3.05) is 7.11 Å². The third kappa shape index (κ3) is 1.77. The second-order valence-electron chi connectivity index (χ2n) is 4.27. The van der Waals surface area contributed by atoms with Gasteiger partial charge < -0.3 is 14.7 Å². The minimum Gasteiger partial charge on any atom is -0.504 e. The molecule has 19 heavy (non-hydrogen) atoms. The average Bonchev–Trinajstić information content (AvgIpc) is 2.93. The lowest BCUT2D eigenvalue weighted by atomic mass is 10.0. The van der Waals surface area contributed by atoms with Crippen LogP contribution in [0.1, 0.15) is 5.56 Å². The molecule has 0 bridgehead atoms. The standard InChI is InChI=1S/C12H11NO5S/c1-17-10-6-7(2-3-8(10)14)11-12-9(18-13-11)4-5-19(12,15)16/h2-6,9,12,14H,1H3. The summed E-state index contributed by atoms with van der Waals surface area (Å²) in [6, 6.07) is 4.54. The third-order valence-corrected chi connectivity index (χ3v) is 4.86. The van der Waals surface area contributed by atoms with Crippen LogP contribution in [0.4, 0.5) is 0 Å². The smallest absolute Gasteiger partial charge is 0.184 e. The van der Waals surface area contributed by atoms with Crippen molar-refractivity contribution in [1.82, 2.24) is 0 Å². The number of nitrogens with zero attached hydrogens (tertiary/aromatic N) is 1. The van der Waals surface area contributed by atoms with Crippen LogP contribution in [-0.4, -0.2) is 37.7 Å². The van der Waals surface area contributed by atoms with Crippen LogP contribution in [0, 0.1) is 0 Å². The first-order valence-electron chi connectivity index (χ1n) is 5.56. The molecule has 1 aromatic carbocycles. The molecule has 2 aliphatic heterocycles. The number of hydrogen-bond acceptors (Lipinski definition) is 6. The molecule has 0 spiro atoms. The molecule has 1 N–H and O–H groups in total. The summed E-state index contributed by atoms with van der Waals surface area (Å²) in [5.41, 5.74) is 0.878. The Morgan fingerprint density at radius 3 is 2.95 bits per heavy atom. The first-order valence-corrected chi connectivity index (χ1v) is 7.17. The number of oxime groups is 1. The zero-order valence-corrected chi connectivity index (χ0v) is 10.8. The molecule has 2 atom stereocenters. The minimum atomic E-state index is -3.39. The number of aromatic hydroxyl groups is 1. The predicted molar refractivity (Wildman–Crippen MR) is 67.9 cm³/mol. The fourth-order valence-corrected chi connectivity index (χ4v) is 3.73. The highest BCUT2D eigenvalue weighted by Gasteiger charge is 2.46. The van der Waals surface area contributed by atoms with Gasteiger partial charge in [-0.3, -0.25) is 0 Å². The highest BCUT2D eigenvalue weighted by molar-refractivity contribution is 7.96. The molecule has 1 aromatic rings. The molecule has 2 unspecified atom stereocenters. The number of phenolic OH excluding ortho intramolecular Hbond substituents is 1. The summed E-state index contributed by atoms with van der Waals surface area (Å²) in [4.78, 5) is 5.10. The van der Waals surface area contributed by atoms with Gasteiger partial charge in [-0.1, -0.05) is 5.16 Å². The Balaban J connectivity index is 2.04. The summed E-state index contributed by atoms with van der Waals surface area (Å²) in [6.45, 7) is 0. The second-order valence-corrected chi connectivity index (χ2v) is 6.23. The quantitative estimate of drug-likeness (QED) is 0.867. The van der Waals surface area contributed by atoms with E-state index in [0.717, 1.165) is 5.41 Å². The van der Waals surface area contributed by atoms with Crippen LogP contribution in [0.25, 0.3) is 0 Å². The maximum Gasteiger partial charge on any atom is 0.184 e. The summed E-state index contributed by atoms with van der Waals surface area (Å²) in [7, 11) is -1.97. The highest BCUT2D eigenvalue weighted by Crippen LogP contribution is 2.33. The average molecular weight is 281 g/mol. The summed E-state index contributed by atoms with van der Waals surface area (Å²) >= 11 is 0. The molecular weight excluding hydrogens is 270 g/mol. The van der Waals surface area contributed by atoms with Gasteiger partial charge in [0.15, 0.2) is 32.7 Å². The van der Waals surface area contributed by atoms with E-state index in [0.29, 0.717) is 11.3 Å². The van der Waals surface area contributed by atoms with Crippen LogP contribution in [0.2, 0.25) is 0 Å². The molecule has 7 heteroatoms. The molecule has 0 fully saturated rings. The second kappa shape index (κ2) is 3.99. The van der Waals surface area contributed by atoms with Crippen LogP contribution in [0.15, 0.2) is 34.8 Å². The molecule has 6 nitrogen and oxygen atoms in total. The van der Waals surface area contributed by atoms with Gasteiger partial charge in [-0.15, -0.1) is 0 Å². The van der Waals surface area contributed by atoms with E-state index in [4.69, 9.17) is 9.57 Å². The Bertz CT molecular complexity index is 692. The summed E-state index contributed by atoms with van der Waals surface area (Å²) < 4.78 is 28.8. The van der Waals surface area contributed by atoms with Crippen molar-refractivity contribution in [3.63, 3.8) is 0 Å². The first kappa shape index (κ1) is 12.0. The van der Waals surface area contributed by atoms with E-state index >= 15 is 0 Å². The van der Waals surface area contributed by atoms with Crippen LogP contribution in [0.3, 0.4) is 0 Å². The fourth-order valence-electron chi connectivity index (χ4n) is 2.18. The Labute approximate surface area is 109 Å². The van der Waals surface area contributed by atoms with Gasteiger partial charge in [0, 0.05) is 11.0 Å². The van der Waals surface area contributed by atoms with Gasteiger partial charge >= 0.3 is 0 Å². The number of phenols is 1. The normalized spacial score (nSPS) is 26.7. The molecule has 0 saturated carbocycles. The van der Waals surface area contributed by atoms with E-state index in [9.17, 15) is 13.5 Å². The number of ether oxygens (including phenoxy) is 1. The molecule has 100 valence electrons. The number of hydrogen-bond donors (Lipinski definition) is 1. The van der Waals surface area contributed by atoms with Gasteiger partial charge in [0.2, 0.25) is 0 Å². The Kier molecular flexibility index (Phi) is 2.53. The van der Waals surface area contributed by atoms with Crippen LogP contribution >= 0.6 is 0 Å². The van der Waals surface area contributed by atoms with Crippen molar-refractivity contribution in [2.24, 2.45) is 5.16 Å². The highest BCUT2D eigenvalue weighted by atomic mass is 32.2. The zero-order chi connectivity index (χ0) is 13.6. The largest absolute Gasteiger partial charge is 0.504 e. The summed E-state index contributed by atoms with van der Waals surface area (Å²) in [5, 5.41) is 13.7. The van der Waals surface area contributed by atoms with Crippen LogP contribution in [0.5, 0.6) is 11.5 Å². The summed E-state index contributed by atoms with van der Waals surface area (Å²) in [5.74, 6) is 0.238. The maximum absolute atomic E-state index is 11.9. The summed E-state index contributed by atoms with van der Waals surface area (Å²) in [6.07, 6.45) is 0.911. The van der Waals surface area contributed by atoms with E-state index in [-0.39, 0.29) is 11.5 Å². The van der Waals surface area contributed by atoms with Crippen molar-refractivity contribution in [3.05, 3.63) is 35.2 Å². The third-order valence-electron chi connectivity index (χ3n) is 3.13. The fraction of sp³-hybridized carbons (Fsp3) is 0.250. The van der Waals surface area contributed by atoms with Crippen molar-refractivity contribution in [2.45, 2.75) is 11.4 Å². The molecule has 0 radical (unpaired) electrons. The van der Waals surface area contributed by atoms with Gasteiger partial charge in [-0.05, 0) is 24.3 Å². The van der Waals surface area contributed by atoms with Gasteiger partial charge in [-0.25, -0.2) is 8.42 Å². The SMILES string of the molecule is COc1cc(C2=NOC3C=CS(=O)(=O)C23)ccc1O. The number of methoxy groups -OCH3 is 1. The van der Waals surface area contributed by atoms with Gasteiger partial charge in [0.05, 0.1) is 7.11 Å². The monoisotopic (exact) mass is 281 g/mol. The molecule has 3 rings (SSSR count). The van der Waals surface area contributed by atoms with E-state index in [1.165, 1.54) is 25.3 Å². The van der Waals surface area contributed by atoms with Crippen LogP contribution in [-0.2, 0) is 14.7 Å². The number of benzene rings is 1. The minimum absolute atomic E-state index is 0.0188. The van der Waals surface area contributed by atoms with Crippen molar-refractivity contribution in [1.29, 1.82) is 0 Å². The first-order chi connectivity index (χ1) is 9.03. The van der Waals surface area contributed by atoms with Crippen molar-refractivity contribution < 1.29 is 23.1 Å². The van der Waals surface area contributed by atoms with E-state index in [1.807, 2.05) is 0 Å². The lowest BCUT2D eigenvalue weighted by molar-refractivity contribution is 0.123. The number of rotatable bonds is 2. The van der Waals surface area contributed by atoms with E-state index < -0.39 is 21.2 Å². The van der Waals surface area contributed by atoms with Crippen molar-refractivity contribution in [3.8, 4) is 11.5 Å². The molecule has 0 aromatic heterocycles. The van der Waals surface area contributed by atoms with E-state index in [1.54, 1.807) is 6.07 Å². The molecule has 0 amide bonds. The molecular formula is C12H11NO5S. The molecule has 0 aliphatic carbocycles. The van der Waals surface area contributed by atoms with Gasteiger partial charge in [0.1, 0.15) is 5.71 Å². The van der Waals surface area contributed by atoms with Crippen molar-refractivity contribution >= 4 is 15.5 Å². The lowest BCUT2D eigenvalue weighted by Gasteiger charge is -2.10. The lowest BCUT2D eigenvalue weighted by Crippen LogP contribution is -2.31. The topological polar surface area (TPSA) is 85.2 Å². The van der Waals surface area contributed by atoms with Gasteiger partial charge in [0.25, 0.3) is 0 Å². The maximum atomic E-state index is 11.9. The van der Waals surface area contributed by atoms with Crippen LogP contribution < -0.4 is 4.74 Å². The van der Waals surface area contributed by atoms with E-state index in [2.05, 4.69) is 5.16 Å². The van der Waals surface area contributed by atoms with Gasteiger partial charge in [-0.2, -0.15) is 0 Å². The molecule has 2 aliphatic rings. The number of fused-ring (bicyclic) bond motifs is 1. The molecule has 0 saturated heterocycles.